The minimum absolute atomic E-state index is 0. The highest BCUT2D eigenvalue weighted by atomic mass is 79.9. The van der Waals surface area contributed by atoms with Crippen LogP contribution in [-0.4, -0.2) is 11.9 Å². The summed E-state index contributed by atoms with van der Waals surface area (Å²) in [6.45, 7) is 1.72. The number of nitrogens with two attached hydrogens (primary N) is 1. The second-order valence-electron chi connectivity index (χ2n) is 3.70. The van der Waals surface area contributed by atoms with E-state index >= 15 is 0 Å². The van der Waals surface area contributed by atoms with Crippen LogP contribution in [0.2, 0.25) is 0 Å². The number of rotatable bonds is 3. The maximum absolute atomic E-state index is 12.6. The minimum Gasteiger partial charge on any atom is -0.325 e. The molecule has 0 heterocycles. The van der Waals surface area contributed by atoms with Crippen LogP contribution in [0.25, 0.3) is 0 Å². The average Bonchev–Trinajstić information content (AvgIpc) is 2.29. The first-order valence-electron chi connectivity index (χ1n) is 5.19. The third-order valence-corrected chi connectivity index (χ3v) is 3.01. The lowest BCUT2D eigenvalue weighted by Gasteiger charge is -2.13. The maximum Gasteiger partial charge on any atom is 0.417 e. The lowest BCUT2D eigenvalue weighted by Crippen LogP contribution is -2.34. The summed E-state index contributed by atoms with van der Waals surface area (Å²) < 4.78 is 37.8. The van der Waals surface area contributed by atoms with Gasteiger partial charge in [-0.2, -0.15) is 13.2 Å². The highest BCUT2D eigenvalue weighted by molar-refractivity contribution is 9.10. The average molecular weight is 362 g/mol. The van der Waals surface area contributed by atoms with Gasteiger partial charge in [-0.15, -0.1) is 12.4 Å². The molecule has 3 nitrogen and oxygen atoms in total. The van der Waals surface area contributed by atoms with Crippen LogP contribution in [0.3, 0.4) is 0 Å². The molecule has 0 aromatic heterocycles. The fraction of sp³-hybridized carbons (Fsp3) is 0.364. The zero-order chi connectivity index (χ0) is 13.9. The van der Waals surface area contributed by atoms with Gasteiger partial charge in [0.25, 0.3) is 0 Å². The molecule has 8 heteroatoms. The molecule has 19 heavy (non-hydrogen) atoms. The Morgan fingerprint density at radius 1 is 1.47 bits per heavy atom. The summed E-state index contributed by atoms with van der Waals surface area (Å²) in [5, 5.41) is 2.35. The van der Waals surface area contributed by atoms with E-state index in [4.69, 9.17) is 5.73 Å². The number of alkyl halides is 3. The molecule has 1 aromatic rings. The summed E-state index contributed by atoms with van der Waals surface area (Å²) in [4.78, 5) is 11.5. The molecule has 1 atom stereocenters. The van der Waals surface area contributed by atoms with E-state index < -0.39 is 23.7 Å². The highest BCUT2D eigenvalue weighted by Crippen LogP contribution is 2.36. The summed E-state index contributed by atoms with van der Waals surface area (Å²) >= 11 is 2.82. The Morgan fingerprint density at radius 3 is 2.53 bits per heavy atom. The van der Waals surface area contributed by atoms with Crippen molar-refractivity contribution in [3.05, 3.63) is 28.2 Å². The smallest absolute Gasteiger partial charge is 0.325 e. The van der Waals surface area contributed by atoms with E-state index in [0.29, 0.717) is 6.42 Å². The quantitative estimate of drug-likeness (QED) is 0.865. The van der Waals surface area contributed by atoms with Gasteiger partial charge in [0.2, 0.25) is 5.91 Å². The second-order valence-corrected chi connectivity index (χ2v) is 4.55. The van der Waals surface area contributed by atoms with Crippen molar-refractivity contribution >= 4 is 39.9 Å². The Labute approximate surface area is 123 Å². The molecule has 108 valence electrons. The van der Waals surface area contributed by atoms with E-state index in [1.54, 1.807) is 6.92 Å². The number of anilines is 1. The second kappa shape index (κ2) is 7.12. The van der Waals surface area contributed by atoms with Gasteiger partial charge in [-0.05, 0) is 24.6 Å². The molecule has 0 bridgehead atoms. The number of nitrogens with one attached hydrogen (secondary N) is 1. The van der Waals surface area contributed by atoms with Crippen LogP contribution >= 0.6 is 28.3 Å². The topological polar surface area (TPSA) is 55.1 Å². The van der Waals surface area contributed by atoms with Crippen LogP contribution in [-0.2, 0) is 11.0 Å². The molecule has 0 unspecified atom stereocenters. The Balaban J connectivity index is 0.00000324. The molecule has 1 amide bonds. The zero-order valence-corrected chi connectivity index (χ0v) is 12.3. The van der Waals surface area contributed by atoms with Gasteiger partial charge in [-0.1, -0.05) is 22.9 Å². The summed E-state index contributed by atoms with van der Waals surface area (Å²) in [7, 11) is 0. The summed E-state index contributed by atoms with van der Waals surface area (Å²) in [6, 6.07) is 2.74. The van der Waals surface area contributed by atoms with Gasteiger partial charge in [0.15, 0.2) is 0 Å². The lowest BCUT2D eigenvalue weighted by atomic mass is 10.1. The van der Waals surface area contributed by atoms with Crippen LogP contribution < -0.4 is 11.1 Å². The van der Waals surface area contributed by atoms with Crippen molar-refractivity contribution in [3.8, 4) is 0 Å². The van der Waals surface area contributed by atoms with E-state index in [-0.39, 0.29) is 22.6 Å². The fourth-order valence-corrected chi connectivity index (χ4v) is 1.71. The van der Waals surface area contributed by atoms with Crippen molar-refractivity contribution in [2.75, 3.05) is 5.32 Å². The van der Waals surface area contributed by atoms with Crippen LogP contribution in [0.1, 0.15) is 18.9 Å². The maximum atomic E-state index is 12.6. The van der Waals surface area contributed by atoms with E-state index in [1.165, 1.54) is 12.1 Å². The number of amides is 1. The molecule has 0 fully saturated rings. The van der Waals surface area contributed by atoms with Gasteiger partial charge in [-0.3, -0.25) is 4.79 Å². The van der Waals surface area contributed by atoms with Crippen molar-refractivity contribution < 1.29 is 18.0 Å². The van der Waals surface area contributed by atoms with Gasteiger partial charge in [0.1, 0.15) is 0 Å². The molecule has 0 aliphatic carbocycles. The molecule has 1 rings (SSSR count). The Morgan fingerprint density at radius 2 is 2.05 bits per heavy atom. The first kappa shape index (κ1) is 18.2. The summed E-state index contributed by atoms with van der Waals surface area (Å²) in [5.74, 6) is -0.507. The van der Waals surface area contributed by atoms with Crippen molar-refractivity contribution in [2.24, 2.45) is 5.73 Å². The molecule has 0 saturated carbocycles. The molecule has 3 N–H and O–H groups in total. The standard InChI is InChI=1S/C11H12BrF3N2O.ClH/c1-2-9(16)10(18)17-6-3-4-8(12)7(5-6)11(13,14)15;/h3-5,9H,2,16H2,1H3,(H,17,18);1H/t9-;/m0./s1. The van der Waals surface area contributed by atoms with Crippen LogP contribution in [0.4, 0.5) is 18.9 Å². The SMILES string of the molecule is CC[C@H](N)C(=O)Nc1ccc(Br)c(C(F)(F)F)c1.Cl. The molecule has 1 aromatic carbocycles. The fourth-order valence-electron chi connectivity index (χ4n) is 1.24. The molecular formula is C11H13BrClF3N2O. The van der Waals surface area contributed by atoms with Crippen LogP contribution in [0, 0.1) is 0 Å². The first-order valence-corrected chi connectivity index (χ1v) is 5.98. The third kappa shape index (κ3) is 5.00. The Hall–Kier alpha value is -0.790. The van der Waals surface area contributed by atoms with Crippen LogP contribution in [0.5, 0.6) is 0 Å². The van der Waals surface area contributed by atoms with Gasteiger partial charge in [-0.25, -0.2) is 0 Å². The molecule has 0 saturated heterocycles. The van der Waals surface area contributed by atoms with Gasteiger partial charge >= 0.3 is 6.18 Å². The van der Waals surface area contributed by atoms with E-state index in [9.17, 15) is 18.0 Å². The third-order valence-electron chi connectivity index (χ3n) is 2.32. The number of benzene rings is 1. The van der Waals surface area contributed by atoms with Crippen LogP contribution in [0.15, 0.2) is 22.7 Å². The van der Waals surface area contributed by atoms with Crippen molar-refractivity contribution in [1.29, 1.82) is 0 Å². The van der Waals surface area contributed by atoms with E-state index in [2.05, 4.69) is 21.2 Å². The van der Waals surface area contributed by atoms with Gasteiger partial charge in [0.05, 0.1) is 11.6 Å². The van der Waals surface area contributed by atoms with Gasteiger partial charge < -0.3 is 11.1 Å². The minimum atomic E-state index is -4.48. The molecular weight excluding hydrogens is 348 g/mol. The summed E-state index contributed by atoms with van der Waals surface area (Å²) in [5.41, 5.74) is 4.70. The van der Waals surface area contributed by atoms with E-state index in [0.717, 1.165) is 6.07 Å². The predicted molar refractivity (Wildman–Crippen MR) is 73.3 cm³/mol. The Bertz CT molecular complexity index is 454. The molecule has 0 spiro atoms. The van der Waals surface area contributed by atoms with Crippen molar-refractivity contribution in [3.63, 3.8) is 0 Å². The summed E-state index contributed by atoms with van der Waals surface area (Å²) in [6.07, 6.45) is -4.07. The number of hydrogen-bond donors (Lipinski definition) is 2. The number of hydrogen-bond acceptors (Lipinski definition) is 2. The van der Waals surface area contributed by atoms with Gasteiger partial charge in [0, 0.05) is 10.2 Å². The normalized spacial score (nSPS) is 12.5. The zero-order valence-electron chi connectivity index (χ0n) is 9.92. The monoisotopic (exact) mass is 360 g/mol. The Kier molecular flexibility index (Phi) is 6.82. The largest absolute Gasteiger partial charge is 0.417 e. The first-order chi connectivity index (χ1) is 8.25. The molecule has 0 aliphatic rings. The van der Waals surface area contributed by atoms with E-state index in [1.807, 2.05) is 0 Å². The molecule has 0 aliphatic heterocycles. The lowest BCUT2D eigenvalue weighted by molar-refractivity contribution is -0.138. The van der Waals surface area contributed by atoms with Crippen molar-refractivity contribution in [2.45, 2.75) is 25.6 Å². The number of halogens is 5. The molecule has 0 radical (unpaired) electrons. The number of carbonyl (C=O) groups excluding carboxylic acids is 1. The van der Waals surface area contributed by atoms with Crippen molar-refractivity contribution in [1.82, 2.24) is 0 Å². The highest BCUT2D eigenvalue weighted by Gasteiger charge is 2.33. The number of carbonyl (C=O) groups is 1. The predicted octanol–water partition coefficient (Wildman–Crippen LogP) is 3.57.